The second kappa shape index (κ2) is 9.19. The lowest BCUT2D eigenvalue weighted by atomic mass is 10.1. The molecule has 3 heterocycles. The van der Waals surface area contributed by atoms with Crippen molar-refractivity contribution in [3.8, 4) is 5.75 Å². The zero-order valence-electron chi connectivity index (χ0n) is 16.2. The second-order valence-electron chi connectivity index (χ2n) is 7.41. The molecule has 2 aromatic rings. The maximum Gasteiger partial charge on any atom is 0.254 e. The molecule has 0 radical (unpaired) electrons. The van der Waals surface area contributed by atoms with Crippen LogP contribution < -0.4 is 10.2 Å². The Hall–Kier alpha value is -2.71. The number of hydrogen-bond acceptors (Lipinski definition) is 6. The Kier molecular flexibility index (Phi) is 6.21. The summed E-state index contributed by atoms with van der Waals surface area (Å²) in [5.41, 5.74) is 2.56. The molecule has 0 bridgehead atoms. The van der Waals surface area contributed by atoms with Crippen LogP contribution in [0.15, 0.2) is 45.9 Å². The monoisotopic (exact) mass is 400 g/mol. The number of nitrogens with zero attached hydrogens (tertiary/aromatic N) is 3. The predicted octanol–water partition coefficient (Wildman–Crippen LogP) is 2.23. The topological polar surface area (TPSA) is 70.3 Å². The van der Waals surface area contributed by atoms with Crippen molar-refractivity contribution >= 4 is 12.1 Å². The van der Waals surface area contributed by atoms with Gasteiger partial charge >= 0.3 is 0 Å². The predicted molar refractivity (Wildman–Crippen MR) is 106 cm³/mol. The summed E-state index contributed by atoms with van der Waals surface area (Å²) in [6, 6.07) is 9.91. The first kappa shape index (κ1) is 19.6. The Labute approximate surface area is 169 Å². The first-order chi connectivity index (χ1) is 14.2. The van der Waals surface area contributed by atoms with Gasteiger partial charge in [-0.3, -0.25) is 14.6 Å². The highest BCUT2D eigenvalue weighted by molar-refractivity contribution is 5.81. The van der Waals surface area contributed by atoms with Crippen LogP contribution in [0.4, 0.5) is 4.39 Å². The summed E-state index contributed by atoms with van der Waals surface area (Å²) >= 11 is 0. The van der Waals surface area contributed by atoms with Crippen LogP contribution in [0.5, 0.6) is 5.75 Å². The van der Waals surface area contributed by atoms with E-state index in [0.717, 1.165) is 19.6 Å². The number of furan rings is 1. The second-order valence-corrected chi connectivity index (χ2v) is 7.41. The average Bonchev–Trinajstić information content (AvgIpc) is 3.36. The minimum Gasteiger partial charge on any atom is -0.486 e. The molecule has 1 unspecified atom stereocenters. The Morgan fingerprint density at radius 1 is 1.24 bits per heavy atom. The smallest absolute Gasteiger partial charge is 0.254 e. The fourth-order valence-electron chi connectivity index (χ4n) is 3.83. The molecular weight excluding hydrogens is 375 g/mol. The van der Waals surface area contributed by atoms with Gasteiger partial charge in [0.1, 0.15) is 29.7 Å². The maximum atomic E-state index is 12.9. The first-order valence-corrected chi connectivity index (χ1v) is 9.91. The maximum absolute atomic E-state index is 12.9. The number of rotatable bonds is 7. The third-order valence-corrected chi connectivity index (χ3v) is 5.30. The number of nitrogens with one attached hydrogen (secondary N) is 1. The molecule has 2 aliphatic rings. The van der Waals surface area contributed by atoms with Crippen molar-refractivity contribution in [3.63, 3.8) is 0 Å². The molecule has 0 saturated carbocycles. The van der Waals surface area contributed by atoms with Gasteiger partial charge < -0.3 is 9.15 Å². The van der Waals surface area contributed by atoms with Crippen molar-refractivity contribution in [2.24, 2.45) is 5.10 Å². The van der Waals surface area contributed by atoms with Gasteiger partial charge in [-0.25, -0.2) is 9.82 Å². The van der Waals surface area contributed by atoms with Gasteiger partial charge in [-0.2, -0.15) is 5.10 Å². The SMILES string of the molecule is O=C(CN1CCN2CCCC2C1)N/N=C\c1ccc(COc2ccc(F)cc2)o1. The number of benzene rings is 1. The van der Waals surface area contributed by atoms with E-state index in [0.29, 0.717) is 29.9 Å². The molecule has 29 heavy (non-hydrogen) atoms. The summed E-state index contributed by atoms with van der Waals surface area (Å²) in [6.07, 6.45) is 3.95. The Balaban J connectivity index is 1.19. The van der Waals surface area contributed by atoms with Crippen LogP contribution in [0.2, 0.25) is 0 Å². The summed E-state index contributed by atoms with van der Waals surface area (Å²) in [5.74, 6) is 1.25. The molecule has 1 amide bonds. The van der Waals surface area contributed by atoms with Gasteiger partial charge in [-0.15, -0.1) is 0 Å². The molecule has 2 aliphatic heterocycles. The van der Waals surface area contributed by atoms with Gasteiger partial charge in [-0.05, 0) is 55.8 Å². The number of hydrogen-bond donors (Lipinski definition) is 1. The molecule has 2 fully saturated rings. The molecule has 7 nitrogen and oxygen atoms in total. The van der Waals surface area contributed by atoms with E-state index in [9.17, 15) is 9.18 Å². The Morgan fingerprint density at radius 2 is 2.10 bits per heavy atom. The standard InChI is InChI=1S/C21H25FN4O3/c22-16-3-5-18(6-4-16)28-15-20-8-7-19(29-20)12-23-24-21(27)14-25-10-11-26-9-1-2-17(26)13-25/h3-8,12,17H,1-2,9-11,13-15H2,(H,24,27)/b23-12-. The molecular formula is C21H25FN4O3. The Bertz CT molecular complexity index is 852. The number of amides is 1. The quantitative estimate of drug-likeness (QED) is 0.570. The summed E-state index contributed by atoms with van der Waals surface area (Å²) in [7, 11) is 0. The number of fused-ring (bicyclic) bond motifs is 1. The van der Waals surface area contributed by atoms with E-state index in [1.165, 1.54) is 37.7 Å². The fourth-order valence-corrected chi connectivity index (χ4v) is 3.83. The third kappa shape index (κ3) is 5.42. The first-order valence-electron chi connectivity index (χ1n) is 9.91. The number of piperazine rings is 1. The van der Waals surface area contributed by atoms with Crippen molar-refractivity contribution in [1.82, 2.24) is 15.2 Å². The van der Waals surface area contributed by atoms with Crippen LogP contribution in [-0.2, 0) is 11.4 Å². The summed E-state index contributed by atoms with van der Waals surface area (Å²) < 4.78 is 24.0. The van der Waals surface area contributed by atoms with E-state index in [1.54, 1.807) is 24.3 Å². The van der Waals surface area contributed by atoms with Gasteiger partial charge in [0, 0.05) is 25.7 Å². The molecule has 1 aromatic heterocycles. The van der Waals surface area contributed by atoms with E-state index in [-0.39, 0.29) is 18.3 Å². The lowest BCUT2D eigenvalue weighted by Gasteiger charge is -2.36. The third-order valence-electron chi connectivity index (χ3n) is 5.30. The lowest BCUT2D eigenvalue weighted by molar-refractivity contribution is -0.122. The van der Waals surface area contributed by atoms with Crippen LogP contribution >= 0.6 is 0 Å². The number of carbonyl (C=O) groups is 1. The van der Waals surface area contributed by atoms with Gasteiger partial charge in [-0.1, -0.05) is 0 Å². The molecule has 0 aliphatic carbocycles. The highest BCUT2D eigenvalue weighted by Gasteiger charge is 2.30. The van der Waals surface area contributed by atoms with Crippen LogP contribution in [-0.4, -0.2) is 60.7 Å². The highest BCUT2D eigenvalue weighted by Crippen LogP contribution is 2.21. The number of ether oxygens (including phenoxy) is 1. The molecule has 154 valence electrons. The number of hydrazone groups is 1. The van der Waals surface area contributed by atoms with E-state index < -0.39 is 0 Å². The number of halogens is 1. The molecule has 1 atom stereocenters. The minimum absolute atomic E-state index is 0.126. The molecule has 0 spiro atoms. The van der Waals surface area contributed by atoms with Crippen LogP contribution in [0, 0.1) is 5.82 Å². The average molecular weight is 400 g/mol. The van der Waals surface area contributed by atoms with Gasteiger partial charge in [0.15, 0.2) is 0 Å². The summed E-state index contributed by atoms with van der Waals surface area (Å²) in [4.78, 5) is 16.8. The molecule has 1 N–H and O–H groups in total. The minimum atomic E-state index is -0.309. The van der Waals surface area contributed by atoms with Crippen molar-refractivity contribution in [2.75, 3.05) is 32.7 Å². The van der Waals surface area contributed by atoms with Crippen LogP contribution in [0.25, 0.3) is 0 Å². The van der Waals surface area contributed by atoms with E-state index >= 15 is 0 Å². The van der Waals surface area contributed by atoms with E-state index in [2.05, 4.69) is 20.3 Å². The summed E-state index contributed by atoms with van der Waals surface area (Å²) in [5, 5.41) is 3.98. The van der Waals surface area contributed by atoms with Crippen LogP contribution in [0.3, 0.4) is 0 Å². The normalized spacial score (nSPS) is 20.1. The fraction of sp³-hybridized carbons (Fsp3) is 0.429. The lowest BCUT2D eigenvalue weighted by Crippen LogP contribution is -2.52. The van der Waals surface area contributed by atoms with Crippen molar-refractivity contribution in [2.45, 2.75) is 25.5 Å². The zero-order chi connectivity index (χ0) is 20.1. The van der Waals surface area contributed by atoms with Crippen molar-refractivity contribution < 1.29 is 18.3 Å². The van der Waals surface area contributed by atoms with Gasteiger partial charge in [0.25, 0.3) is 5.91 Å². The zero-order valence-corrected chi connectivity index (χ0v) is 16.2. The molecule has 1 aromatic carbocycles. The summed E-state index contributed by atoms with van der Waals surface area (Å²) in [6.45, 7) is 4.68. The highest BCUT2D eigenvalue weighted by atomic mass is 19.1. The van der Waals surface area contributed by atoms with E-state index in [4.69, 9.17) is 9.15 Å². The largest absolute Gasteiger partial charge is 0.486 e. The van der Waals surface area contributed by atoms with Gasteiger partial charge in [0.2, 0.25) is 0 Å². The Morgan fingerprint density at radius 3 is 2.97 bits per heavy atom. The van der Waals surface area contributed by atoms with Crippen molar-refractivity contribution in [3.05, 3.63) is 53.7 Å². The van der Waals surface area contributed by atoms with E-state index in [1.807, 2.05) is 0 Å². The molecule has 2 saturated heterocycles. The molecule has 4 rings (SSSR count). The van der Waals surface area contributed by atoms with Crippen LogP contribution in [0.1, 0.15) is 24.4 Å². The van der Waals surface area contributed by atoms with Crippen molar-refractivity contribution in [1.29, 1.82) is 0 Å². The molecule has 8 heteroatoms. The number of carbonyl (C=O) groups excluding carboxylic acids is 1. The van der Waals surface area contributed by atoms with Gasteiger partial charge in [0.05, 0.1) is 12.8 Å².